The molecule has 2 rings (SSSR count). The van der Waals surface area contributed by atoms with Crippen LogP contribution in [0.2, 0.25) is 0 Å². The lowest BCUT2D eigenvalue weighted by Crippen LogP contribution is -2.08. The molecular formula is C13H13BrN2O2S. The highest BCUT2D eigenvalue weighted by Gasteiger charge is 2.13. The second-order valence-corrected chi connectivity index (χ2v) is 6.91. The molecule has 0 unspecified atom stereocenters. The first-order chi connectivity index (χ1) is 8.98. The first-order valence-corrected chi connectivity index (χ1v) is 8.29. The Morgan fingerprint density at radius 2 is 1.95 bits per heavy atom. The molecule has 0 atom stereocenters. The van der Waals surface area contributed by atoms with Crippen molar-refractivity contribution >= 4 is 31.6 Å². The van der Waals surface area contributed by atoms with Crippen LogP contribution < -0.4 is 5.32 Å². The molecule has 0 aliphatic rings. The van der Waals surface area contributed by atoms with Gasteiger partial charge < -0.3 is 5.32 Å². The molecule has 0 fully saturated rings. The van der Waals surface area contributed by atoms with E-state index in [1.165, 1.54) is 6.26 Å². The molecule has 0 radical (unpaired) electrons. The van der Waals surface area contributed by atoms with Gasteiger partial charge in [-0.25, -0.2) is 13.4 Å². The molecule has 0 amide bonds. The van der Waals surface area contributed by atoms with Crippen molar-refractivity contribution < 1.29 is 8.42 Å². The average molecular weight is 341 g/mol. The van der Waals surface area contributed by atoms with E-state index in [1.807, 2.05) is 24.3 Å². The molecule has 1 N–H and O–H groups in total. The molecule has 2 aromatic rings. The molecule has 4 nitrogen and oxygen atoms in total. The number of sulfone groups is 1. The van der Waals surface area contributed by atoms with Crippen LogP contribution in [0.25, 0.3) is 0 Å². The second kappa shape index (κ2) is 5.71. The molecule has 19 heavy (non-hydrogen) atoms. The number of anilines is 1. The van der Waals surface area contributed by atoms with Crippen LogP contribution >= 0.6 is 15.9 Å². The number of nitrogens with zero attached hydrogens (tertiary/aromatic N) is 1. The topological polar surface area (TPSA) is 59.1 Å². The summed E-state index contributed by atoms with van der Waals surface area (Å²) in [5.74, 6) is 0.376. The minimum absolute atomic E-state index is 0.210. The van der Waals surface area contributed by atoms with E-state index in [-0.39, 0.29) is 4.90 Å². The number of halogens is 1. The van der Waals surface area contributed by atoms with E-state index >= 15 is 0 Å². The number of hydrogen-bond acceptors (Lipinski definition) is 4. The van der Waals surface area contributed by atoms with Crippen molar-refractivity contribution in [3.05, 3.63) is 52.6 Å². The van der Waals surface area contributed by atoms with Gasteiger partial charge in [-0.2, -0.15) is 0 Å². The number of aromatic nitrogens is 1. The summed E-state index contributed by atoms with van der Waals surface area (Å²) in [6, 6.07) is 10.9. The van der Waals surface area contributed by atoms with E-state index in [4.69, 9.17) is 0 Å². The Kier molecular flexibility index (Phi) is 4.21. The van der Waals surface area contributed by atoms with Crippen LogP contribution in [0.15, 0.2) is 52.0 Å². The van der Waals surface area contributed by atoms with Crippen molar-refractivity contribution in [2.45, 2.75) is 11.4 Å². The fourth-order valence-electron chi connectivity index (χ4n) is 1.64. The van der Waals surface area contributed by atoms with E-state index in [2.05, 4.69) is 26.2 Å². The minimum Gasteiger partial charge on any atom is -0.365 e. The minimum atomic E-state index is -3.28. The van der Waals surface area contributed by atoms with E-state index in [0.717, 1.165) is 10.0 Å². The van der Waals surface area contributed by atoms with Gasteiger partial charge >= 0.3 is 0 Å². The molecule has 0 aliphatic carbocycles. The van der Waals surface area contributed by atoms with Crippen molar-refractivity contribution in [3.8, 4) is 0 Å². The lowest BCUT2D eigenvalue weighted by Gasteiger charge is -2.10. The fourth-order valence-corrected chi connectivity index (χ4v) is 2.87. The molecule has 6 heteroatoms. The van der Waals surface area contributed by atoms with E-state index in [9.17, 15) is 8.42 Å². The summed E-state index contributed by atoms with van der Waals surface area (Å²) in [6.07, 6.45) is 2.74. The SMILES string of the molecule is CS(=O)(=O)c1cccnc1NCc1ccccc1Br. The molecular weight excluding hydrogens is 328 g/mol. The number of pyridine rings is 1. The highest BCUT2D eigenvalue weighted by molar-refractivity contribution is 9.10. The van der Waals surface area contributed by atoms with Crippen LogP contribution in [0.5, 0.6) is 0 Å². The fraction of sp³-hybridized carbons (Fsp3) is 0.154. The third-order valence-electron chi connectivity index (χ3n) is 2.57. The van der Waals surface area contributed by atoms with Crippen molar-refractivity contribution in [1.29, 1.82) is 0 Å². The Hall–Kier alpha value is -1.40. The number of hydrogen-bond donors (Lipinski definition) is 1. The summed E-state index contributed by atoms with van der Waals surface area (Å²) in [4.78, 5) is 4.29. The molecule has 1 heterocycles. The predicted octanol–water partition coefficient (Wildman–Crippen LogP) is 2.86. The smallest absolute Gasteiger partial charge is 0.179 e. The maximum atomic E-state index is 11.6. The van der Waals surface area contributed by atoms with Gasteiger partial charge in [-0.15, -0.1) is 0 Å². The molecule has 0 saturated heterocycles. The van der Waals surface area contributed by atoms with E-state index in [1.54, 1.807) is 18.3 Å². The van der Waals surface area contributed by atoms with Crippen LogP contribution in [0.3, 0.4) is 0 Å². The quantitative estimate of drug-likeness (QED) is 0.929. The summed E-state index contributed by atoms with van der Waals surface area (Å²) in [7, 11) is -3.28. The van der Waals surface area contributed by atoms with Crippen molar-refractivity contribution in [2.24, 2.45) is 0 Å². The lowest BCUT2D eigenvalue weighted by molar-refractivity contribution is 0.601. The van der Waals surface area contributed by atoms with Gasteiger partial charge in [0.1, 0.15) is 10.7 Å². The standard InChI is InChI=1S/C13H13BrN2O2S/c1-19(17,18)12-7-4-8-15-13(12)16-9-10-5-2-3-6-11(10)14/h2-8H,9H2,1H3,(H,15,16). The Labute approximate surface area is 120 Å². The summed E-state index contributed by atoms with van der Waals surface area (Å²) >= 11 is 3.45. The zero-order valence-electron chi connectivity index (χ0n) is 10.3. The maximum Gasteiger partial charge on any atom is 0.179 e. The Morgan fingerprint density at radius 3 is 2.63 bits per heavy atom. The van der Waals surface area contributed by atoms with Gasteiger partial charge in [0.2, 0.25) is 0 Å². The third kappa shape index (κ3) is 3.54. The number of benzene rings is 1. The van der Waals surface area contributed by atoms with Gasteiger partial charge in [-0.3, -0.25) is 0 Å². The molecule has 1 aromatic carbocycles. The average Bonchev–Trinajstić information content (AvgIpc) is 2.37. The largest absolute Gasteiger partial charge is 0.365 e. The Bertz CT molecular complexity index is 687. The lowest BCUT2D eigenvalue weighted by atomic mass is 10.2. The van der Waals surface area contributed by atoms with Crippen LogP contribution in [0, 0.1) is 0 Å². The molecule has 100 valence electrons. The monoisotopic (exact) mass is 340 g/mol. The summed E-state index contributed by atoms with van der Waals surface area (Å²) in [5, 5.41) is 3.06. The summed E-state index contributed by atoms with van der Waals surface area (Å²) in [5.41, 5.74) is 1.03. The molecule has 0 bridgehead atoms. The van der Waals surface area contributed by atoms with Gasteiger partial charge in [-0.1, -0.05) is 34.1 Å². The zero-order valence-corrected chi connectivity index (χ0v) is 12.7. The Balaban J connectivity index is 2.24. The summed E-state index contributed by atoms with van der Waals surface area (Å²) < 4.78 is 24.3. The van der Waals surface area contributed by atoms with E-state index in [0.29, 0.717) is 12.4 Å². The number of nitrogens with one attached hydrogen (secondary N) is 1. The first kappa shape index (κ1) is 14.0. The first-order valence-electron chi connectivity index (χ1n) is 5.61. The van der Waals surface area contributed by atoms with Gasteiger partial charge in [0.05, 0.1) is 0 Å². The van der Waals surface area contributed by atoms with Crippen molar-refractivity contribution in [3.63, 3.8) is 0 Å². The van der Waals surface area contributed by atoms with Crippen LogP contribution in [-0.4, -0.2) is 19.7 Å². The van der Waals surface area contributed by atoms with Crippen LogP contribution in [0.4, 0.5) is 5.82 Å². The van der Waals surface area contributed by atoms with Gasteiger partial charge in [0, 0.05) is 23.5 Å². The van der Waals surface area contributed by atoms with Gasteiger partial charge in [0.15, 0.2) is 9.84 Å². The summed E-state index contributed by atoms with van der Waals surface area (Å²) in [6.45, 7) is 0.501. The molecule has 1 aromatic heterocycles. The van der Waals surface area contributed by atoms with E-state index < -0.39 is 9.84 Å². The van der Waals surface area contributed by atoms with Gasteiger partial charge in [0.25, 0.3) is 0 Å². The highest BCUT2D eigenvalue weighted by Crippen LogP contribution is 2.21. The second-order valence-electron chi connectivity index (χ2n) is 4.07. The maximum absolute atomic E-state index is 11.6. The van der Waals surface area contributed by atoms with Crippen molar-refractivity contribution in [2.75, 3.05) is 11.6 Å². The van der Waals surface area contributed by atoms with Crippen molar-refractivity contribution in [1.82, 2.24) is 4.98 Å². The zero-order chi connectivity index (χ0) is 13.9. The van der Waals surface area contributed by atoms with Gasteiger partial charge in [-0.05, 0) is 23.8 Å². The van der Waals surface area contributed by atoms with Crippen LogP contribution in [-0.2, 0) is 16.4 Å². The normalized spacial score (nSPS) is 11.3. The highest BCUT2D eigenvalue weighted by atomic mass is 79.9. The molecule has 0 aliphatic heterocycles. The predicted molar refractivity (Wildman–Crippen MR) is 78.8 cm³/mol. The number of rotatable bonds is 4. The van der Waals surface area contributed by atoms with Crippen LogP contribution in [0.1, 0.15) is 5.56 Å². The Morgan fingerprint density at radius 1 is 1.21 bits per heavy atom. The molecule has 0 saturated carbocycles. The molecule has 0 spiro atoms. The third-order valence-corrected chi connectivity index (χ3v) is 4.48.